The number of rotatable bonds is 8. The maximum absolute atomic E-state index is 12.5. The Morgan fingerprint density at radius 1 is 1.14 bits per heavy atom. The third kappa shape index (κ3) is 6.97. The molecule has 6 heteroatoms. The molecular weight excluding hydrogens is 364 g/mol. The van der Waals surface area contributed by atoms with Crippen molar-refractivity contribution in [3.8, 4) is 0 Å². The number of hydrogen-bond donors (Lipinski definition) is 3. The number of nitrogens with zero attached hydrogens (tertiary/aromatic N) is 1. The maximum Gasteiger partial charge on any atom is 0.227 e. The molecule has 0 radical (unpaired) electrons. The predicted molar refractivity (Wildman–Crippen MR) is 117 cm³/mol. The quantitative estimate of drug-likeness (QED) is 0.464. The molecule has 0 unspecified atom stereocenters. The fourth-order valence-corrected chi connectivity index (χ4v) is 3.63. The van der Waals surface area contributed by atoms with Gasteiger partial charge in [-0.15, -0.1) is 0 Å². The molecule has 156 valence electrons. The molecule has 0 atom stereocenters. The van der Waals surface area contributed by atoms with Crippen LogP contribution in [0.4, 0.5) is 5.69 Å². The Hall–Kier alpha value is -2.76. The molecule has 1 amide bonds. The van der Waals surface area contributed by atoms with Crippen molar-refractivity contribution in [2.45, 2.75) is 52.0 Å². The first-order valence-corrected chi connectivity index (χ1v) is 10.7. The number of hydrogen-bond acceptors (Lipinski definition) is 3. The van der Waals surface area contributed by atoms with Crippen LogP contribution in [0, 0.1) is 5.92 Å². The van der Waals surface area contributed by atoms with Crippen molar-refractivity contribution >= 4 is 17.6 Å². The molecule has 0 saturated heterocycles. The molecule has 3 rings (SSSR count). The Morgan fingerprint density at radius 3 is 2.76 bits per heavy atom. The Morgan fingerprint density at radius 2 is 2.00 bits per heavy atom. The van der Waals surface area contributed by atoms with Crippen LogP contribution in [0.2, 0.25) is 0 Å². The normalized spacial score (nSPS) is 15.1. The van der Waals surface area contributed by atoms with Gasteiger partial charge in [-0.25, -0.2) is 4.99 Å². The Kier molecular flexibility index (Phi) is 8.16. The summed E-state index contributed by atoms with van der Waals surface area (Å²) in [5.74, 6) is 2.04. The first kappa shape index (κ1) is 21.0. The number of anilines is 1. The standard InChI is InChI=1S/C23H32N4O2/c1-2-24-23(25-14-13-21-12-7-15-29-21)26-17-18-8-6-11-20(16-18)27-22(28)19-9-4-3-5-10-19/h6-8,11-12,15-16,19H,2-5,9-10,13-14,17H2,1H3,(H,27,28)(H2,24,25,26). The average molecular weight is 397 g/mol. The Labute approximate surface area is 173 Å². The molecule has 1 aromatic heterocycles. The number of amides is 1. The molecule has 1 heterocycles. The van der Waals surface area contributed by atoms with Gasteiger partial charge in [-0.05, 0) is 49.6 Å². The van der Waals surface area contributed by atoms with Gasteiger partial charge in [0.25, 0.3) is 0 Å². The second-order valence-electron chi connectivity index (χ2n) is 7.48. The number of carbonyl (C=O) groups excluding carboxylic acids is 1. The van der Waals surface area contributed by atoms with Gasteiger partial charge in [-0.2, -0.15) is 0 Å². The van der Waals surface area contributed by atoms with Crippen molar-refractivity contribution in [1.82, 2.24) is 10.6 Å². The number of guanidine groups is 1. The van der Waals surface area contributed by atoms with Gasteiger partial charge < -0.3 is 20.4 Å². The van der Waals surface area contributed by atoms with E-state index < -0.39 is 0 Å². The van der Waals surface area contributed by atoms with Crippen molar-refractivity contribution in [2.75, 3.05) is 18.4 Å². The molecule has 1 aliphatic rings. The maximum atomic E-state index is 12.5. The zero-order valence-corrected chi connectivity index (χ0v) is 17.2. The zero-order valence-electron chi connectivity index (χ0n) is 17.2. The van der Waals surface area contributed by atoms with Crippen LogP contribution in [0.1, 0.15) is 50.4 Å². The summed E-state index contributed by atoms with van der Waals surface area (Å²) in [6.45, 7) is 4.13. The van der Waals surface area contributed by atoms with E-state index in [1.807, 2.05) is 43.3 Å². The van der Waals surface area contributed by atoms with Gasteiger partial charge in [0.15, 0.2) is 5.96 Å². The molecule has 0 bridgehead atoms. The fourth-order valence-electron chi connectivity index (χ4n) is 3.63. The van der Waals surface area contributed by atoms with E-state index >= 15 is 0 Å². The van der Waals surface area contributed by atoms with Gasteiger partial charge in [0.1, 0.15) is 5.76 Å². The zero-order chi connectivity index (χ0) is 20.3. The van der Waals surface area contributed by atoms with Crippen molar-refractivity contribution in [2.24, 2.45) is 10.9 Å². The number of benzene rings is 1. The van der Waals surface area contributed by atoms with Gasteiger partial charge in [0, 0.05) is 31.1 Å². The SMILES string of the molecule is CCNC(=NCc1cccc(NC(=O)C2CCCCC2)c1)NCCc1ccco1. The van der Waals surface area contributed by atoms with Crippen molar-refractivity contribution in [1.29, 1.82) is 0 Å². The van der Waals surface area contributed by atoms with E-state index in [0.29, 0.717) is 6.54 Å². The van der Waals surface area contributed by atoms with Crippen LogP contribution < -0.4 is 16.0 Å². The first-order valence-electron chi connectivity index (χ1n) is 10.7. The van der Waals surface area contributed by atoms with Crippen LogP contribution in [-0.4, -0.2) is 25.0 Å². The largest absolute Gasteiger partial charge is 0.469 e. The molecule has 1 aliphatic carbocycles. The van der Waals surface area contributed by atoms with E-state index in [-0.39, 0.29) is 11.8 Å². The monoisotopic (exact) mass is 396 g/mol. The van der Waals surface area contributed by atoms with Crippen LogP contribution in [0.3, 0.4) is 0 Å². The molecule has 1 fully saturated rings. The second kappa shape index (κ2) is 11.3. The smallest absolute Gasteiger partial charge is 0.227 e. The highest BCUT2D eigenvalue weighted by Crippen LogP contribution is 2.25. The Bertz CT molecular complexity index is 780. The summed E-state index contributed by atoms with van der Waals surface area (Å²) in [5, 5.41) is 9.68. The van der Waals surface area contributed by atoms with Crippen LogP contribution in [0.15, 0.2) is 52.1 Å². The van der Waals surface area contributed by atoms with Gasteiger partial charge in [-0.1, -0.05) is 31.4 Å². The van der Waals surface area contributed by atoms with Gasteiger partial charge >= 0.3 is 0 Å². The highest BCUT2D eigenvalue weighted by molar-refractivity contribution is 5.92. The second-order valence-corrected chi connectivity index (χ2v) is 7.48. The summed E-state index contributed by atoms with van der Waals surface area (Å²) in [5.41, 5.74) is 1.92. The van der Waals surface area contributed by atoms with E-state index in [9.17, 15) is 4.79 Å². The third-order valence-electron chi connectivity index (χ3n) is 5.18. The molecule has 3 N–H and O–H groups in total. The lowest BCUT2D eigenvalue weighted by Gasteiger charge is -2.20. The Balaban J connectivity index is 1.53. The summed E-state index contributed by atoms with van der Waals surface area (Å²) < 4.78 is 5.36. The summed E-state index contributed by atoms with van der Waals surface area (Å²) in [6.07, 6.45) is 8.08. The highest BCUT2D eigenvalue weighted by atomic mass is 16.3. The topological polar surface area (TPSA) is 78.7 Å². The molecule has 0 aliphatic heterocycles. The minimum absolute atomic E-state index is 0.151. The van der Waals surface area contributed by atoms with Gasteiger partial charge in [-0.3, -0.25) is 4.79 Å². The van der Waals surface area contributed by atoms with Crippen LogP contribution in [0.5, 0.6) is 0 Å². The first-order chi connectivity index (χ1) is 14.2. The number of aliphatic imine (C=N–C) groups is 1. The van der Waals surface area contributed by atoms with E-state index in [0.717, 1.165) is 68.2 Å². The molecular formula is C23H32N4O2. The molecule has 1 saturated carbocycles. The summed E-state index contributed by atoms with van der Waals surface area (Å²) in [4.78, 5) is 17.1. The summed E-state index contributed by atoms with van der Waals surface area (Å²) in [6, 6.07) is 11.8. The number of furan rings is 1. The van der Waals surface area contributed by atoms with Crippen molar-refractivity contribution in [3.63, 3.8) is 0 Å². The van der Waals surface area contributed by atoms with E-state index in [4.69, 9.17) is 4.42 Å². The van der Waals surface area contributed by atoms with Crippen molar-refractivity contribution in [3.05, 3.63) is 54.0 Å². The third-order valence-corrected chi connectivity index (χ3v) is 5.18. The van der Waals surface area contributed by atoms with E-state index in [1.165, 1.54) is 6.42 Å². The molecule has 6 nitrogen and oxygen atoms in total. The lowest BCUT2D eigenvalue weighted by Crippen LogP contribution is -2.38. The molecule has 2 aromatic rings. The van der Waals surface area contributed by atoms with Gasteiger partial charge in [0.05, 0.1) is 12.8 Å². The van der Waals surface area contributed by atoms with Crippen molar-refractivity contribution < 1.29 is 9.21 Å². The fraction of sp³-hybridized carbons (Fsp3) is 0.478. The van der Waals surface area contributed by atoms with Crippen LogP contribution in [-0.2, 0) is 17.8 Å². The summed E-state index contributed by atoms with van der Waals surface area (Å²) in [7, 11) is 0. The predicted octanol–water partition coefficient (Wildman–Crippen LogP) is 4.10. The van der Waals surface area contributed by atoms with Crippen LogP contribution in [0.25, 0.3) is 0 Å². The minimum atomic E-state index is 0.151. The number of carbonyl (C=O) groups is 1. The lowest BCUT2D eigenvalue weighted by atomic mass is 9.88. The molecule has 1 aromatic carbocycles. The molecule has 0 spiro atoms. The average Bonchev–Trinajstić information content (AvgIpc) is 3.26. The highest BCUT2D eigenvalue weighted by Gasteiger charge is 2.20. The summed E-state index contributed by atoms with van der Waals surface area (Å²) >= 11 is 0. The number of nitrogens with one attached hydrogen (secondary N) is 3. The lowest BCUT2D eigenvalue weighted by molar-refractivity contribution is -0.120. The molecule has 29 heavy (non-hydrogen) atoms. The van der Waals surface area contributed by atoms with Gasteiger partial charge in [0.2, 0.25) is 5.91 Å². The van der Waals surface area contributed by atoms with E-state index in [2.05, 4.69) is 20.9 Å². The van der Waals surface area contributed by atoms with Crippen LogP contribution >= 0.6 is 0 Å². The van der Waals surface area contributed by atoms with E-state index in [1.54, 1.807) is 6.26 Å². The minimum Gasteiger partial charge on any atom is -0.469 e.